The van der Waals surface area contributed by atoms with Crippen molar-refractivity contribution in [1.82, 2.24) is 0 Å². The third kappa shape index (κ3) is 4.95. The number of hydrogen-bond acceptors (Lipinski definition) is 5. The maximum Gasteiger partial charge on any atom is 0.219 e. The van der Waals surface area contributed by atoms with Gasteiger partial charge in [0.05, 0.1) is 15.6 Å². The van der Waals surface area contributed by atoms with E-state index >= 15 is 0 Å². The summed E-state index contributed by atoms with van der Waals surface area (Å²) in [5, 5.41) is 13.7. The lowest BCUT2D eigenvalue weighted by molar-refractivity contribution is 0.603. The van der Waals surface area contributed by atoms with Crippen LogP contribution in [0, 0.1) is 11.3 Å². The molecule has 0 unspecified atom stereocenters. The summed E-state index contributed by atoms with van der Waals surface area (Å²) in [4.78, 5) is -0.341. The lowest BCUT2D eigenvalue weighted by atomic mass is 10.3. The van der Waals surface area contributed by atoms with Crippen molar-refractivity contribution in [2.24, 2.45) is 0 Å². The number of hydrogen-bond donors (Lipinski definition) is 1. The minimum atomic E-state index is -4.00. The molecule has 2 aromatic carbocycles. The van der Waals surface area contributed by atoms with Crippen LogP contribution in [0.25, 0.3) is 0 Å². The molecular formula is C18H16Cl2N2O2S2. The molecule has 0 aromatic heterocycles. The second kappa shape index (κ2) is 9.33. The summed E-state index contributed by atoms with van der Waals surface area (Å²) in [7, 11) is -4.00. The first-order valence-electron chi connectivity index (χ1n) is 7.69. The number of sulfone groups is 1. The zero-order chi connectivity index (χ0) is 19.2. The van der Waals surface area contributed by atoms with Crippen LogP contribution in [0.4, 0.5) is 5.69 Å². The molecule has 136 valence electrons. The van der Waals surface area contributed by atoms with Crippen molar-refractivity contribution < 1.29 is 8.42 Å². The Morgan fingerprint density at radius 1 is 1.15 bits per heavy atom. The summed E-state index contributed by atoms with van der Waals surface area (Å²) in [6.07, 6.45) is 0.818. The number of nitriles is 1. The maximum atomic E-state index is 12.9. The van der Waals surface area contributed by atoms with Gasteiger partial charge < -0.3 is 5.32 Å². The molecule has 0 aliphatic carbocycles. The van der Waals surface area contributed by atoms with Gasteiger partial charge >= 0.3 is 0 Å². The van der Waals surface area contributed by atoms with E-state index in [1.807, 2.05) is 13.0 Å². The molecule has 0 radical (unpaired) electrons. The van der Waals surface area contributed by atoms with Crippen LogP contribution < -0.4 is 5.32 Å². The second-order valence-corrected chi connectivity index (χ2v) is 9.02. The molecule has 0 fully saturated rings. The van der Waals surface area contributed by atoms with Crippen LogP contribution in [0.2, 0.25) is 10.0 Å². The topological polar surface area (TPSA) is 70.0 Å². The summed E-state index contributed by atoms with van der Waals surface area (Å²) in [6.45, 7) is 1.97. The van der Waals surface area contributed by atoms with Crippen molar-refractivity contribution in [3.63, 3.8) is 0 Å². The number of allylic oxidation sites excluding steroid dienone is 1. The van der Waals surface area contributed by atoms with E-state index < -0.39 is 9.84 Å². The van der Waals surface area contributed by atoms with Gasteiger partial charge in [0, 0.05) is 5.02 Å². The van der Waals surface area contributed by atoms with Gasteiger partial charge in [0.2, 0.25) is 9.84 Å². The Kier molecular flexibility index (Phi) is 7.42. The largest absolute Gasteiger partial charge is 0.347 e. The van der Waals surface area contributed by atoms with Crippen LogP contribution in [-0.2, 0) is 9.84 Å². The highest BCUT2D eigenvalue weighted by molar-refractivity contribution is 8.04. The Morgan fingerprint density at radius 2 is 1.81 bits per heavy atom. The molecular weight excluding hydrogens is 411 g/mol. The molecule has 0 saturated heterocycles. The summed E-state index contributed by atoms with van der Waals surface area (Å²) in [5.74, 6) is 0.647. The fourth-order valence-corrected chi connectivity index (χ4v) is 4.74. The van der Waals surface area contributed by atoms with Gasteiger partial charge in [0.25, 0.3) is 0 Å². The van der Waals surface area contributed by atoms with Gasteiger partial charge in [-0.05, 0) is 48.6 Å². The van der Waals surface area contributed by atoms with Crippen LogP contribution in [0.3, 0.4) is 0 Å². The van der Waals surface area contributed by atoms with Crippen LogP contribution >= 0.6 is 35.0 Å². The SMILES string of the molecule is CCCSC(Nc1ccccc1Cl)=C(C#N)S(=O)(=O)c1ccc(Cl)cc1. The first-order chi connectivity index (χ1) is 12.4. The average Bonchev–Trinajstić information content (AvgIpc) is 2.62. The summed E-state index contributed by atoms with van der Waals surface area (Å²) >= 11 is 13.3. The Hall–Kier alpha value is -1.65. The molecule has 2 aromatic rings. The smallest absolute Gasteiger partial charge is 0.219 e. The highest BCUT2D eigenvalue weighted by atomic mass is 35.5. The minimum Gasteiger partial charge on any atom is -0.347 e. The van der Waals surface area contributed by atoms with Crippen molar-refractivity contribution in [2.75, 3.05) is 11.1 Å². The first-order valence-corrected chi connectivity index (χ1v) is 10.9. The van der Waals surface area contributed by atoms with E-state index in [2.05, 4.69) is 5.32 Å². The number of halogens is 2. The summed E-state index contributed by atoms with van der Waals surface area (Å²) in [6, 6.07) is 14.5. The molecule has 0 heterocycles. The van der Waals surface area contributed by atoms with Crippen molar-refractivity contribution in [1.29, 1.82) is 5.26 Å². The fourth-order valence-electron chi connectivity index (χ4n) is 2.01. The van der Waals surface area contributed by atoms with E-state index in [9.17, 15) is 13.7 Å². The van der Waals surface area contributed by atoms with Crippen molar-refractivity contribution in [3.05, 3.63) is 68.5 Å². The van der Waals surface area contributed by atoms with Crippen LogP contribution in [0.15, 0.2) is 63.4 Å². The second-order valence-electron chi connectivity index (χ2n) is 5.18. The maximum absolute atomic E-state index is 12.9. The number of benzene rings is 2. The number of rotatable bonds is 7. The number of para-hydroxylation sites is 1. The van der Waals surface area contributed by atoms with Crippen LogP contribution in [0.5, 0.6) is 0 Å². The molecule has 26 heavy (non-hydrogen) atoms. The quantitative estimate of drug-likeness (QED) is 0.573. The normalized spacial score (nSPS) is 12.2. The molecule has 0 aliphatic rings. The zero-order valence-electron chi connectivity index (χ0n) is 13.9. The van der Waals surface area contributed by atoms with Gasteiger partial charge in [-0.25, -0.2) is 8.42 Å². The minimum absolute atomic E-state index is 0.00834. The fraction of sp³-hybridized carbons (Fsp3) is 0.167. The molecule has 0 saturated carbocycles. The van der Waals surface area contributed by atoms with E-state index in [0.29, 0.717) is 21.5 Å². The van der Waals surface area contributed by atoms with E-state index in [1.54, 1.807) is 24.3 Å². The zero-order valence-corrected chi connectivity index (χ0v) is 17.0. The van der Waals surface area contributed by atoms with Gasteiger partial charge in [-0.1, -0.05) is 42.3 Å². The molecule has 2 rings (SSSR count). The molecule has 0 amide bonds. The summed E-state index contributed by atoms with van der Waals surface area (Å²) in [5.41, 5.74) is 0.534. The lowest BCUT2D eigenvalue weighted by Crippen LogP contribution is -2.10. The molecule has 0 atom stereocenters. The van der Waals surface area contributed by atoms with Crippen molar-refractivity contribution >= 4 is 50.5 Å². The molecule has 1 N–H and O–H groups in total. The van der Waals surface area contributed by atoms with Gasteiger partial charge in [-0.15, -0.1) is 11.8 Å². The highest BCUT2D eigenvalue weighted by Gasteiger charge is 2.25. The Bertz CT molecular complexity index is 950. The van der Waals surface area contributed by atoms with E-state index in [1.165, 1.54) is 36.0 Å². The summed E-state index contributed by atoms with van der Waals surface area (Å²) < 4.78 is 25.9. The van der Waals surface area contributed by atoms with Crippen molar-refractivity contribution in [3.8, 4) is 6.07 Å². The predicted octanol–water partition coefficient (Wildman–Crippen LogP) is 5.72. The van der Waals surface area contributed by atoms with Crippen LogP contribution in [0.1, 0.15) is 13.3 Å². The molecule has 4 nitrogen and oxygen atoms in total. The Labute approximate surface area is 167 Å². The number of anilines is 1. The van der Waals surface area contributed by atoms with Gasteiger partial charge in [-0.3, -0.25) is 0 Å². The van der Waals surface area contributed by atoms with Gasteiger partial charge in [0.1, 0.15) is 11.1 Å². The average molecular weight is 427 g/mol. The Morgan fingerprint density at radius 3 is 2.38 bits per heavy atom. The van der Waals surface area contributed by atoms with Gasteiger partial charge in [0.15, 0.2) is 4.91 Å². The third-order valence-electron chi connectivity index (χ3n) is 3.27. The van der Waals surface area contributed by atoms with E-state index in [-0.39, 0.29) is 14.8 Å². The number of nitrogens with zero attached hydrogens (tertiary/aromatic N) is 1. The molecule has 0 spiro atoms. The van der Waals surface area contributed by atoms with E-state index in [4.69, 9.17) is 23.2 Å². The molecule has 8 heteroatoms. The number of thioether (sulfide) groups is 1. The first kappa shape index (κ1) is 20.7. The lowest BCUT2D eigenvalue weighted by Gasteiger charge is -2.14. The standard InChI is InChI=1S/C18H16Cl2N2O2S2/c1-2-11-25-18(22-16-6-4-3-5-15(16)20)17(12-21)26(23,24)14-9-7-13(19)8-10-14/h3-10,22H,2,11H2,1H3. The molecule has 0 aliphatic heterocycles. The van der Waals surface area contributed by atoms with Crippen LogP contribution in [-0.4, -0.2) is 14.2 Å². The Balaban J connectivity index is 2.55. The monoisotopic (exact) mass is 426 g/mol. The highest BCUT2D eigenvalue weighted by Crippen LogP contribution is 2.32. The van der Waals surface area contributed by atoms with Crippen molar-refractivity contribution in [2.45, 2.75) is 18.2 Å². The van der Waals surface area contributed by atoms with E-state index in [0.717, 1.165) is 6.42 Å². The van der Waals surface area contributed by atoms with Gasteiger partial charge in [-0.2, -0.15) is 5.26 Å². The predicted molar refractivity (Wildman–Crippen MR) is 109 cm³/mol. The third-order valence-corrected chi connectivity index (χ3v) is 6.92. The molecule has 0 bridgehead atoms. The number of nitrogens with one attached hydrogen (secondary N) is 1.